The molecule has 1 aromatic heterocycles. The number of amides is 1. The summed E-state index contributed by atoms with van der Waals surface area (Å²) in [6, 6.07) is 9.68. The number of carbonyl (C=O) groups is 1. The Morgan fingerprint density at radius 3 is 2.71 bits per heavy atom. The predicted molar refractivity (Wildman–Crippen MR) is 111 cm³/mol. The van der Waals surface area contributed by atoms with Crippen LogP contribution in [0, 0.1) is 0 Å². The summed E-state index contributed by atoms with van der Waals surface area (Å²) in [5.74, 6) is 1.35. The number of hydrogen-bond acceptors (Lipinski definition) is 5. The number of hydrogen-bond donors (Lipinski definition) is 2. The first-order valence-corrected chi connectivity index (χ1v) is 9.89. The third-order valence-corrected chi connectivity index (χ3v) is 4.90. The Morgan fingerprint density at radius 1 is 1.11 bits per heavy atom. The van der Waals surface area contributed by atoms with Crippen molar-refractivity contribution in [3.8, 4) is 5.75 Å². The fraction of sp³-hybridized carbons (Fsp3) is 0.409. The van der Waals surface area contributed by atoms with Crippen molar-refractivity contribution in [2.45, 2.75) is 38.5 Å². The molecule has 2 aromatic rings. The van der Waals surface area contributed by atoms with Crippen LogP contribution in [0.15, 0.2) is 48.3 Å². The highest BCUT2D eigenvalue weighted by Crippen LogP contribution is 2.19. The zero-order valence-corrected chi connectivity index (χ0v) is 16.4. The average molecular weight is 380 g/mol. The maximum atomic E-state index is 12.3. The van der Waals surface area contributed by atoms with Gasteiger partial charge in [0.25, 0.3) is 5.91 Å². The summed E-state index contributed by atoms with van der Waals surface area (Å²) in [6.07, 6.45) is 10.4. The van der Waals surface area contributed by atoms with Crippen molar-refractivity contribution < 1.29 is 9.53 Å². The van der Waals surface area contributed by atoms with Crippen LogP contribution in [-0.2, 0) is 6.42 Å². The molecule has 1 aromatic carbocycles. The molecule has 1 amide bonds. The lowest BCUT2D eigenvalue weighted by molar-refractivity contribution is 0.0949. The summed E-state index contributed by atoms with van der Waals surface area (Å²) in [7, 11) is 1.66. The first kappa shape index (κ1) is 19.9. The molecule has 28 heavy (non-hydrogen) atoms. The van der Waals surface area contributed by atoms with Gasteiger partial charge in [0.05, 0.1) is 7.11 Å². The van der Waals surface area contributed by atoms with Crippen LogP contribution in [0.1, 0.15) is 48.2 Å². The normalized spacial score (nSPS) is 13.5. The van der Waals surface area contributed by atoms with Gasteiger partial charge < -0.3 is 15.4 Å². The molecule has 6 nitrogen and oxygen atoms in total. The quantitative estimate of drug-likeness (QED) is 0.648. The van der Waals surface area contributed by atoms with Gasteiger partial charge in [0.2, 0.25) is 0 Å². The number of allylic oxidation sites excluding steroid dienone is 1. The number of ether oxygens (including phenoxy) is 1. The Bertz CT molecular complexity index is 802. The van der Waals surface area contributed by atoms with Crippen LogP contribution >= 0.6 is 0 Å². The van der Waals surface area contributed by atoms with Gasteiger partial charge in [-0.1, -0.05) is 23.8 Å². The molecule has 0 aliphatic heterocycles. The van der Waals surface area contributed by atoms with Crippen molar-refractivity contribution >= 4 is 11.7 Å². The minimum absolute atomic E-state index is 0.156. The van der Waals surface area contributed by atoms with E-state index in [1.165, 1.54) is 36.7 Å². The summed E-state index contributed by atoms with van der Waals surface area (Å²) in [5.41, 5.74) is 3.05. The van der Waals surface area contributed by atoms with Gasteiger partial charge >= 0.3 is 0 Å². The Morgan fingerprint density at radius 2 is 1.96 bits per heavy atom. The lowest BCUT2D eigenvalue weighted by atomic mass is 9.97. The van der Waals surface area contributed by atoms with Crippen LogP contribution in [0.25, 0.3) is 0 Å². The van der Waals surface area contributed by atoms with E-state index in [1.54, 1.807) is 13.2 Å². The van der Waals surface area contributed by atoms with E-state index >= 15 is 0 Å². The molecule has 0 fully saturated rings. The van der Waals surface area contributed by atoms with Gasteiger partial charge in [0.15, 0.2) is 0 Å². The van der Waals surface area contributed by atoms with Gasteiger partial charge in [-0.05, 0) is 56.2 Å². The Balaban J connectivity index is 1.44. The minimum atomic E-state index is -0.156. The summed E-state index contributed by atoms with van der Waals surface area (Å²) >= 11 is 0. The summed E-state index contributed by atoms with van der Waals surface area (Å²) in [6.45, 7) is 1.37. The van der Waals surface area contributed by atoms with Crippen molar-refractivity contribution in [3.63, 3.8) is 0 Å². The van der Waals surface area contributed by atoms with E-state index < -0.39 is 0 Å². The molecule has 0 bridgehead atoms. The molecule has 0 radical (unpaired) electrons. The largest absolute Gasteiger partial charge is 0.497 e. The predicted octanol–water partition coefficient (Wildman–Crippen LogP) is 3.76. The number of carbonyl (C=O) groups excluding carboxylic acids is 1. The van der Waals surface area contributed by atoms with Gasteiger partial charge in [0, 0.05) is 19.2 Å². The van der Waals surface area contributed by atoms with Crippen molar-refractivity contribution in [1.82, 2.24) is 15.3 Å². The van der Waals surface area contributed by atoms with E-state index in [4.69, 9.17) is 4.74 Å². The molecule has 148 valence electrons. The van der Waals surface area contributed by atoms with Gasteiger partial charge in [-0.15, -0.1) is 0 Å². The molecular weight excluding hydrogens is 352 g/mol. The van der Waals surface area contributed by atoms with Gasteiger partial charge in [-0.3, -0.25) is 4.79 Å². The third kappa shape index (κ3) is 6.08. The number of benzene rings is 1. The highest BCUT2D eigenvalue weighted by Gasteiger charge is 2.09. The van der Waals surface area contributed by atoms with E-state index in [1.807, 2.05) is 24.3 Å². The van der Waals surface area contributed by atoms with E-state index in [9.17, 15) is 4.79 Å². The number of nitrogens with zero attached hydrogens (tertiary/aromatic N) is 2. The highest BCUT2D eigenvalue weighted by atomic mass is 16.5. The summed E-state index contributed by atoms with van der Waals surface area (Å²) < 4.78 is 5.17. The maximum Gasteiger partial charge on any atom is 0.270 e. The number of rotatable bonds is 9. The zero-order valence-electron chi connectivity index (χ0n) is 16.4. The van der Waals surface area contributed by atoms with Crippen molar-refractivity contribution in [2.75, 3.05) is 25.5 Å². The molecule has 0 saturated carbocycles. The van der Waals surface area contributed by atoms with E-state index in [0.29, 0.717) is 18.1 Å². The van der Waals surface area contributed by atoms with E-state index in [0.717, 1.165) is 31.6 Å². The van der Waals surface area contributed by atoms with Crippen LogP contribution in [0.2, 0.25) is 0 Å². The Kier molecular flexibility index (Phi) is 7.41. The van der Waals surface area contributed by atoms with Crippen molar-refractivity contribution in [2.24, 2.45) is 0 Å². The lowest BCUT2D eigenvalue weighted by Crippen LogP contribution is -2.26. The zero-order chi connectivity index (χ0) is 19.6. The van der Waals surface area contributed by atoms with Gasteiger partial charge in [-0.2, -0.15) is 0 Å². The second kappa shape index (κ2) is 10.4. The van der Waals surface area contributed by atoms with Crippen LogP contribution in [0.4, 0.5) is 5.82 Å². The molecule has 0 spiro atoms. The molecular formula is C22H28N4O2. The monoisotopic (exact) mass is 380 g/mol. The lowest BCUT2D eigenvalue weighted by Gasteiger charge is -2.13. The van der Waals surface area contributed by atoms with Crippen molar-refractivity contribution in [3.05, 3.63) is 59.6 Å². The molecule has 3 rings (SSSR count). The molecule has 2 N–H and O–H groups in total. The smallest absolute Gasteiger partial charge is 0.270 e. The molecule has 1 heterocycles. The molecule has 0 unspecified atom stereocenters. The van der Waals surface area contributed by atoms with Crippen LogP contribution in [0.5, 0.6) is 5.75 Å². The molecule has 6 heteroatoms. The fourth-order valence-electron chi connectivity index (χ4n) is 3.26. The number of methoxy groups -OCH3 is 1. The highest BCUT2D eigenvalue weighted by molar-refractivity contribution is 5.92. The SMILES string of the molecule is COc1ccc(CCNc2cc(C(=O)NCCC3=CCCCC3)ncn2)cc1. The van der Waals surface area contributed by atoms with Crippen LogP contribution in [-0.4, -0.2) is 36.1 Å². The Labute approximate surface area is 166 Å². The molecule has 1 aliphatic carbocycles. The number of nitrogens with one attached hydrogen (secondary N) is 2. The average Bonchev–Trinajstić information content (AvgIpc) is 2.75. The third-order valence-electron chi connectivity index (χ3n) is 4.90. The molecule has 1 aliphatic rings. The molecule has 0 atom stereocenters. The standard InChI is InChI=1S/C22H28N4O2/c1-28-19-9-7-18(8-10-19)11-13-23-21-15-20(25-16-26-21)22(27)24-14-12-17-5-3-2-4-6-17/h5,7-10,15-16H,2-4,6,11-14H2,1H3,(H,24,27)(H,23,25,26). The molecule has 0 saturated heterocycles. The Hall–Kier alpha value is -2.89. The fourth-order valence-corrected chi connectivity index (χ4v) is 3.26. The second-order valence-corrected chi connectivity index (χ2v) is 6.93. The van der Waals surface area contributed by atoms with E-state index in [2.05, 4.69) is 26.7 Å². The topological polar surface area (TPSA) is 76.1 Å². The first-order chi connectivity index (χ1) is 13.7. The minimum Gasteiger partial charge on any atom is -0.497 e. The number of aromatic nitrogens is 2. The van der Waals surface area contributed by atoms with Gasteiger partial charge in [0.1, 0.15) is 23.6 Å². The van der Waals surface area contributed by atoms with Crippen LogP contribution < -0.4 is 15.4 Å². The first-order valence-electron chi connectivity index (χ1n) is 9.89. The van der Waals surface area contributed by atoms with Crippen molar-refractivity contribution in [1.29, 1.82) is 0 Å². The summed E-state index contributed by atoms with van der Waals surface area (Å²) in [5, 5.41) is 6.21. The summed E-state index contributed by atoms with van der Waals surface area (Å²) in [4.78, 5) is 20.6. The number of anilines is 1. The van der Waals surface area contributed by atoms with Crippen LogP contribution in [0.3, 0.4) is 0 Å². The van der Waals surface area contributed by atoms with E-state index in [-0.39, 0.29) is 5.91 Å². The second-order valence-electron chi connectivity index (χ2n) is 6.93. The maximum absolute atomic E-state index is 12.3. The van der Waals surface area contributed by atoms with Gasteiger partial charge in [-0.25, -0.2) is 9.97 Å².